The number of nitrogens with one attached hydrogen (secondary N) is 1. The van der Waals surface area contributed by atoms with Gasteiger partial charge in [0.25, 0.3) is 5.91 Å². The zero-order valence-corrected chi connectivity index (χ0v) is 29.7. The number of aromatic nitrogens is 1. The molecule has 1 aliphatic heterocycles. The minimum atomic E-state index is -4.11. The highest BCUT2D eigenvalue weighted by Gasteiger charge is 2.44. The fourth-order valence-electron chi connectivity index (χ4n) is 5.96. The number of aliphatic hydroxyl groups is 1. The van der Waals surface area contributed by atoms with Gasteiger partial charge in [0.1, 0.15) is 18.3 Å². The third-order valence-corrected chi connectivity index (χ3v) is 10.3. The molecular formula is C36H47N5O7S. The van der Waals surface area contributed by atoms with Crippen LogP contribution in [0.15, 0.2) is 71.6 Å². The second-order valence-electron chi connectivity index (χ2n) is 13.4. The number of hydrogen-bond donors (Lipinski definition) is 3. The van der Waals surface area contributed by atoms with Crippen molar-refractivity contribution < 1.29 is 33.0 Å². The number of sulfonamides is 1. The molecule has 1 aliphatic rings. The average molecular weight is 694 g/mol. The molecule has 3 atom stereocenters. The Labute approximate surface area is 288 Å². The van der Waals surface area contributed by atoms with Gasteiger partial charge in [0, 0.05) is 18.8 Å². The highest BCUT2D eigenvalue weighted by Crippen LogP contribution is 2.25. The molecule has 12 nitrogen and oxygen atoms in total. The maximum Gasteiger partial charge on any atom is 0.328 e. The van der Waals surface area contributed by atoms with E-state index < -0.39 is 52.0 Å². The number of phenolic OH excluding ortho intramolecular Hbond substituents is 1. The number of nitrogens with zero attached hydrogens (tertiary/aromatic N) is 4. The molecule has 3 aromatic rings. The largest absolute Gasteiger partial charge is 0.508 e. The molecule has 1 aromatic heterocycles. The molecular weight excluding hydrogens is 646 g/mol. The van der Waals surface area contributed by atoms with Crippen LogP contribution in [0.5, 0.6) is 5.75 Å². The number of imide groups is 1. The number of pyridine rings is 1. The smallest absolute Gasteiger partial charge is 0.328 e. The van der Waals surface area contributed by atoms with Crippen molar-refractivity contribution in [2.75, 3.05) is 19.6 Å². The van der Waals surface area contributed by atoms with Gasteiger partial charge in [-0.2, -0.15) is 4.31 Å². The molecule has 49 heavy (non-hydrogen) atoms. The molecule has 4 amide bonds. The molecule has 3 N–H and O–H groups in total. The summed E-state index contributed by atoms with van der Waals surface area (Å²) in [5.41, 5.74) is 2.48. The van der Waals surface area contributed by atoms with E-state index in [0.717, 1.165) is 16.2 Å². The van der Waals surface area contributed by atoms with Crippen LogP contribution in [0.2, 0.25) is 0 Å². The van der Waals surface area contributed by atoms with Crippen LogP contribution in [-0.2, 0) is 32.6 Å². The maximum atomic E-state index is 14.1. The highest BCUT2D eigenvalue weighted by atomic mass is 32.2. The molecule has 0 unspecified atom stereocenters. The first-order valence-corrected chi connectivity index (χ1v) is 17.9. The quantitative estimate of drug-likeness (QED) is 0.204. The van der Waals surface area contributed by atoms with Crippen molar-refractivity contribution in [1.82, 2.24) is 24.4 Å². The number of amides is 4. The minimum absolute atomic E-state index is 0.0261. The Kier molecular flexibility index (Phi) is 12.2. The van der Waals surface area contributed by atoms with E-state index in [1.54, 1.807) is 32.9 Å². The van der Waals surface area contributed by atoms with Crippen LogP contribution in [0.1, 0.15) is 50.2 Å². The van der Waals surface area contributed by atoms with Gasteiger partial charge in [-0.3, -0.25) is 19.5 Å². The molecule has 0 aliphatic carbocycles. The topological polar surface area (TPSA) is 160 Å². The summed E-state index contributed by atoms with van der Waals surface area (Å²) in [4.78, 5) is 47.4. The number of carbonyl (C=O) groups excluding carboxylic acids is 3. The number of carbonyl (C=O) groups is 3. The summed E-state index contributed by atoms with van der Waals surface area (Å²) < 4.78 is 28.9. The van der Waals surface area contributed by atoms with Crippen LogP contribution < -0.4 is 5.32 Å². The Hall–Kier alpha value is -4.33. The van der Waals surface area contributed by atoms with Gasteiger partial charge in [0.05, 0.1) is 29.3 Å². The molecule has 1 fully saturated rings. The fourth-order valence-corrected chi connectivity index (χ4v) is 7.67. The predicted molar refractivity (Wildman–Crippen MR) is 185 cm³/mol. The van der Waals surface area contributed by atoms with Gasteiger partial charge >= 0.3 is 6.03 Å². The third-order valence-electron chi connectivity index (χ3n) is 8.44. The zero-order valence-electron chi connectivity index (χ0n) is 28.9. The summed E-state index contributed by atoms with van der Waals surface area (Å²) >= 11 is 0. The van der Waals surface area contributed by atoms with Gasteiger partial charge in [-0.1, -0.05) is 64.1 Å². The Bertz CT molecular complexity index is 1750. The van der Waals surface area contributed by atoms with E-state index in [1.165, 1.54) is 27.4 Å². The second kappa shape index (κ2) is 15.9. The first kappa shape index (κ1) is 37.5. The molecule has 2 heterocycles. The van der Waals surface area contributed by atoms with E-state index >= 15 is 0 Å². The number of aromatic hydroxyl groups is 1. The SMILES string of the molecule is Cc1cccc(CN2C(=O)CN([C@H](C(=O)N[C@@H](Cc3ccccc3)[C@H](O)CN(CC(C)C)S(=O)(=O)c3ccc(O)c(C)c3)C(C)C)C2=O)n1. The number of benzene rings is 2. The van der Waals surface area contributed by atoms with E-state index in [9.17, 15) is 33.0 Å². The van der Waals surface area contributed by atoms with Gasteiger partial charge < -0.3 is 20.4 Å². The molecule has 0 spiro atoms. The van der Waals surface area contributed by atoms with Crippen LogP contribution >= 0.6 is 0 Å². The number of phenols is 1. The average Bonchev–Trinajstić information content (AvgIpc) is 3.29. The monoisotopic (exact) mass is 693 g/mol. The van der Waals surface area contributed by atoms with Crippen molar-refractivity contribution in [3.05, 3.63) is 89.2 Å². The molecule has 1 saturated heterocycles. The lowest BCUT2D eigenvalue weighted by Crippen LogP contribution is -2.57. The summed E-state index contributed by atoms with van der Waals surface area (Å²) in [7, 11) is -4.11. The van der Waals surface area contributed by atoms with Crippen molar-refractivity contribution in [3.63, 3.8) is 0 Å². The summed E-state index contributed by atoms with van der Waals surface area (Å²) in [5.74, 6) is -1.55. The number of aliphatic hydroxyl groups excluding tert-OH is 1. The van der Waals surface area contributed by atoms with E-state index in [0.29, 0.717) is 11.3 Å². The zero-order chi connectivity index (χ0) is 36.0. The van der Waals surface area contributed by atoms with Gasteiger partial charge in [-0.05, 0) is 73.6 Å². The van der Waals surface area contributed by atoms with Gasteiger partial charge in [0.2, 0.25) is 15.9 Å². The van der Waals surface area contributed by atoms with E-state index in [1.807, 2.05) is 57.2 Å². The lowest BCUT2D eigenvalue weighted by Gasteiger charge is -2.34. The molecule has 0 bridgehead atoms. The van der Waals surface area contributed by atoms with Crippen molar-refractivity contribution in [3.8, 4) is 5.75 Å². The Morgan fingerprint density at radius 2 is 1.67 bits per heavy atom. The molecule has 264 valence electrons. The highest BCUT2D eigenvalue weighted by molar-refractivity contribution is 7.89. The van der Waals surface area contributed by atoms with Crippen molar-refractivity contribution in [2.24, 2.45) is 11.8 Å². The summed E-state index contributed by atoms with van der Waals surface area (Å²) in [6.07, 6.45) is -1.19. The van der Waals surface area contributed by atoms with Gasteiger partial charge in [-0.25, -0.2) is 13.2 Å². The number of aryl methyl sites for hydroxylation is 2. The van der Waals surface area contributed by atoms with Crippen molar-refractivity contribution >= 4 is 27.9 Å². The summed E-state index contributed by atoms with van der Waals surface area (Å²) in [6.45, 7) is 10.1. The van der Waals surface area contributed by atoms with Gasteiger partial charge in [0.15, 0.2) is 0 Å². The standard InChI is InChI=1S/C36H47N5O7S/c1-23(2)19-39(49(47,48)29-15-16-31(42)25(5)17-29)21-32(43)30(18-27-12-8-7-9-13-27)38-35(45)34(24(3)4)41-22-33(44)40(36(41)46)20-28-14-10-11-26(6)37-28/h7-17,23-24,30,32,34,42-43H,18-22H2,1-6H3,(H,38,45)/t30-,32+,34-/m0/s1. The second-order valence-corrected chi connectivity index (χ2v) is 15.3. The van der Waals surface area contributed by atoms with Crippen molar-refractivity contribution in [1.29, 1.82) is 0 Å². The molecule has 4 rings (SSSR count). The summed E-state index contributed by atoms with van der Waals surface area (Å²) in [5, 5.41) is 24.6. The Balaban J connectivity index is 1.60. The number of rotatable bonds is 15. The third kappa shape index (κ3) is 9.22. The summed E-state index contributed by atoms with van der Waals surface area (Å²) in [6, 6.07) is 15.9. The first-order valence-electron chi connectivity index (χ1n) is 16.4. The fraction of sp³-hybridized carbons (Fsp3) is 0.444. The number of urea groups is 1. The molecule has 13 heteroatoms. The lowest BCUT2D eigenvalue weighted by molar-refractivity contribution is -0.129. The Morgan fingerprint density at radius 3 is 2.29 bits per heavy atom. The van der Waals surface area contributed by atoms with Crippen LogP contribution in [0.3, 0.4) is 0 Å². The van der Waals surface area contributed by atoms with Crippen LogP contribution in [0.4, 0.5) is 4.79 Å². The normalized spacial score (nSPS) is 15.7. The van der Waals surface area contributed by atoms with E-state index in [-0.39, 0.29) is 49.2 Å². The predicted octanol–water partition coefficient (Wildman–Crippen LogP) is 3.63. The Morgan fingerprint density at radius 1 is 0.980 bits per heavy atom. The van der Waals surface area contributed by atoms with Gasteiger partial charge in [-0.15, -0.1) is 0 Å². The van der Waals surface area contributed by atoms with Crippen LogP contribution in [0.25, 0.3) is 0 Å². The van der Waals surface area contributed by atoms with E-state index in [4.69, 9.17) is 0 Å². The number of hydrogen-bond acceptors (Lipinski definition) is 8. The lowest BCUT2D eigenvalue weighted by atomic mass is 9.97. The maximum absolute atomic E-state index is 14.1. The molecule has 0 saturated carbocycles. The van der Waals surface area contributed by atoms with E-state index in [2.05, 4.69) is 10.3 Å². The minimum Gasteiger partial charge on any atom is -0.508 e. The first-order chi connectivity index (χ1) is 23.1. The van der Waals surface area contributed by atoms with Crippen molar-refractivity contribution in [2.45, 2.75) is 77.6 Å². The van der Waals surface area contributed by atoms with Crippen LogP contribution in [-0.4, -0.2) is 93.4 Å². The molecule has 0 radical (unpaired) electrons. The van der Waals surface area contributed by atoms with Crippen LogP contribution in [0, 0.1) is 25.7 Å². The molecule has 2 aromatic carbocycles.